The molecule has 1 unspecified atom stereocenters. The molecule has 0 aliphatic carbocycles. The van der Waals surface area contributed by atoms with Crippen LogP contribution in [0.2, 0.25) is 10.0 Å². The zero-order chi connectivity index (χ0) is 14.5. The maximum Gasteiger partial charge on any atom is 0.144 e. The normalized spacial score (nSPS) is 12.4. The van der Waals surface area contributed by atoms with Crippen molar-refractivity contribution in [1.29, 1.82) is 0 Å². The van der Waals surface area contributed by atoms with Gasteiger partial charge in [0.15, 0.2) is 0 Å². The van der Waals surface area contributed by atoms with Crippen molar-refractivity contribution in [2.45, 2.75) is 12.8 Å². The van der Waals surface area contributed by atoms with Crippen LogP contribution in [0.3, 0.4) is 0 Å². The third-order valence-corrected chi connectivity index (χ3v) is 4.66. The molecule has 0 spiro atoms. The van der Waals surface area contributed by atoms with Crippen LogP contribution in [0.5, 0.6) is 0 Å². The van der Waals surface area contributed by atoms with E-state index >= 15 is 0 Å². The van der Waals surface area contributed by atoms with Crippen molar-refractivity contribution < 1.29 is 4.39 Å². The van der Waals surface area contributed by atoms with E-state index < -0.39 is 0 Å². The Kier molecular flexibility index (Phi) is 5.88. The minimum absolute atomic E-state index is 0.183. The Balaban J connectivity index is 2.09. The van der Waals surface area contributed by atoms with Gasteiger partial charge < -0.3 is 0 Å². The lowest BCUT2D eigenvalue weighted by atomic mass is 9.94. The van der Waals surface area contributed by atoms with Crippen molar-refractivity contribution in [3.63, 3.8) is 0 Å². The lowest BCUT2D eigenvalue weighted by Crippen LogP contribution is -2.11. The summed E-state index contributed by atoms with van der Waals surface area (Å²) in [5, 5.41) is 1.72. The van der Waals surface area contributed by atoms with Gasteiger partial charge in [0.2, 0.25) is 0 Å². The van der Waals surface area contributed by atoms with E-state index in [0.717, 1.165) is 16.8 Å². The lowest BCUT2D eigenvalue weighted by molar-refractivity contribution is 0.551. The Morgan fingerprint density at radius 3 is 2.35 bits per heavy atom. The fraction of sp³-hybridized carbons (Fsp3) is 0.250. The van der Waals surface area contributed by atoms with Gasteiger partial charge in [-0.05, 0) is 48.1 Å². The van der Waals surface area contributed by atoms with Crippen molar-refractivity contribution in [2.24, 2.45) is 5.92 Å². The first-order valence-corrected chi connectivity index (χ1v) is 8.21. The van der Waals surface area contributed by atoms with Crippen LogP contribution >= 0.6 is 39.1 Å². The maximum atomic E-state index is 13.9. The molecular weight excluding hydrogens is 362 g/mol. The zero-order valence-corrected chi connectivity index (χ0v) is 13.8. The Labute approximate surface area is 137 Å². The van der Waals surface area contributed by atoms with E-state index in [1.165, 1.54) is 5.56 Å². The van der Waals surface area contributed by atoms with E-state index in [9.17, 15) is 4.39 Å². The molecule has 2 aromatic rings. The average molecular weight is 376 g/mol. The van der Waals surface area contributed by atoms with E-state index in [4.69, 9.17) is 23.2 Å². The number of rotatable bonds is 5. The van der Waals surface area contributed by atoms with Gasteiger partial charge in [0.1, 0.15) is 5.82 Å². The Morgan fingerprint density at radius 1 is 1.00 bits per heavy atom. The molecule has 0 bridgehead atoms. The summed E-state index contributed by atoms with van der Waals surface area (Å²) < 4.78 is 13.9. The zero-order valence-electron chi connectivity index (χ0n) is 10.8. The lowest BCUT2D eigenvalue weighted by Gasteiger charge is -2.15. The minimum atomic E-state index is -0.309. The molecule has 2 aromatic carbocycles. The monoisotopic (exact) mass is 374 g/mol. The standard InChI is InChI=1S/C16H14BrCl2F/c17-10-12(8-11-4-6-14(18)7-5-11)9-13-2-1-3-15(19)16(13)20/h1-7,12H,8-10H2. The highest BCUT2D eigenvalue weighted by atomic mass is 79.9. The Morgan fingerprint density at radius 2 is 1.70 bits per heavy atom. The molecule has 0 N–H and O–H groups in total. The van der Waals surface area contributed by atoms with Crippen LogP contribution in [0.1, 0.15) is 11.1 Å². The van der Waals surface area contributed by atoms with Crippen LogP contribution in [0.4, 0.5) is 4.39 Å². The van der Waals surface area contributed by atoms with E-state index in [0.29, 0.717) is 17.9 Å². The van der Waals surface area contributed by atoms with Crippen molar-refractivity contribution in [3.05, 3.63) is 69.5 Å². The molecule has 0 heterocycles. The van der Waals surface area contributed by atoms with Crippen molar-refractivity contribution in [1.82, 2.24) is 0 Å². The number of halogens is 4. The summed E-state index contributed by atoms with van der Waals surface area (Å²) >= 11 is 15.2. The van der Waals surface area contributed by atoms with Crippen LogP contribution in [0, 0.1) is 11.7 Å². The summed E-state index contributed by atoms with van der Waals surface area (Å²) in [6, 6.07) is 12.9. The quantitative estimate of drug-likeness (QED) is 0.568. The first-order valence-electron chi connectivity index (χ1n) is 6.33. The second kappa shape index (κ2) is 7.44. The molecule has 0 saturated heterocycles. The first kappa shape index (κ1) is 15.8. The van der Waals surface area contributed by atoms with Gasteiger partial charge in [0.05, 0.1) is 5.02 Å². The molecule has 4 heteroatoms. The summed E-state index contributed by atoms with van der Waals surface area (Å²) in [4.78, 5) is 0. The molecule has 0 saturated carbocycles. The summed E-state index contributed by atoms with van der Waals surface area (Å²) in [6.07, 6.45) is 1.52. The third-order valence-electron chi connectivity index (χ3n) is 3.20. The van der Waals surface area contributed by atoms with Gasteiger partial charge in [-0.15, -0.1) is 0 Å². The highest BCUT2D eigenvalue weighted by molar-refractivity contribution is 9.09. The molecule has 106 valence electrons. The largest absolute Gasteiger partial charge is 0.205 e. The smallest absolute Gasteiger partial charge is 0.144 e. The van der Waals surface area contributed by atoms with Crippen LogP contribution < -0.4 is 0 Å². The van der Waals surface area contributed by atoms with Gasteiger partial charge in [-0.25, -0.2) is 4.39 Å². The number of hydrogen-bond donors (Lipinski definition) is 0. The fourth-order valence-electron chi connectivity index (χ4n) is 2.15. The highest BCUT2D eigenvalue weighted by Gasteiger charge is 2.14. The number of benzene rings is 2. The van der Waals surface area contributed by atoms with Gasteiger partial charge >= 0.3 is 0 Å². The molecule has 2 rings (SSSR count). The van der Waals surface area contributed by atoms with E-state index in [2.05, 4.69) is 15.9 Å². The molecule has 0 fully saturated rings. The van der Waals surface area contributed by atoms with Crippen molar-refractivity contribution in [3.8, 4) is 0 Å². The molecule has 20 heavy (non-hydrogen) atoms. The number of hydrogen-bond acceptors (Lipinski definition) is 0. The molecular formula is C16H14BrCl2F. The van der Waals surface area contributed by atoms with E-state index in [-0.39, 0.29) is 10.8 Å². The van der Waals surface area contributed by atoms with Gasteiger partial charge in [-0.2, -0.15) is 0 Å². The van der Waals surface area contributed by atoms with Gasteiger partial charge in [-0.3, -0.25) is 0 Å². The average Bonchev–Trinajstić information content (AvgIpc) is 2.45. The summed E-state index contributed by atoms with van der Waals surface area (Å²) in [5.74, 6) is 0.000338. The molecule has 1 atom stereocenters. The topological polar surface area (TPSA) is 0 Å². The predicted octanol–water partition coefficient (Wildman–Crippen LogP) is 5.93. The van der Waals surface area contributed by atoms with E-state index in [1.807, 2.05) is 24.3 Å². The van der Waals surface area contributed by atoms with Gasteiger partial charge in [0, 0.05) is 10.4 Å². The summed E-state index contributed by atoms with van der Waals surface area (Å²) in [7, 11) is 0. The fourth-order valence-corrected chi connectivity index (χ4v) is 2.93. The van der Waals surface area contributed by atoms with Crippen molar-refractivity contribution >= 4 is 39.1 Å². The molecule has 0 aliphatic rings. The summed E-state index contributed by atoms with van der Waals surface area (Å²) in [5.41, 5.74) is 1.86. The second-order valence-corrected chi connectivity index (χ2v) is 6.26. The number of alkyl halides is 1. The van der Waals surface area contributed by atoms with Gasteiger partial charge in [-0.1, -0.05) is 63.4 Å². The van der Waals surface area contributed by atoms with Crippen LogP contribution in [-0.2, 0) is 12.8 Å². The summed E-state index contributed by atoms with van der Waals surface area (Å²) in [6.45, 7) is 0. The highest BCUT2D eigenvalue weighted by Crippen LogP contribution is 2.23. The first-order chi connectivity index (χ1) is 9.60. The third kappa shape index (κ3) is 4.21. The second-order valence-electron chi connectivity index (χ2n) is 4.77. The van der Waals surface area contributed by atoms with Crippen molar-refractivity contribution in [2.75, 3.05) is 5.33 Å². The molecule has 0 aromatic heterocycles. The van der Waals surface area contributed by atoms with Crippen LogP contribution in [0.25, 0.3) is 0 Å². The predicted molar refractivity (Wildman–Crippen MR) is 87.6 cm³/mol. The Hall–Kier alpha value is -0.570. The minimum Gasteiger partial charge on any atom is -0.205 e. The van der Waals surface area contributed by atoms with Gasteiger partial charge in [0.25, 0.3) is 0 Å². The molecule has 0 amide bonds. The van der Waals surface area contributed by atoms with Crippen LogP contribution in [-0.4, -0.2) is 5.33 Å². The maximum absolute atomic E-state index is 13.9. The molecule has 0 aliphatic heterocycles. The Bertz CT molecular complexity index is 569. The molecule has 0 nitrogen and oxygen atoms in total. The molecule has 0 radical (unpaired) electrons. The van der Waals surface area contributed by atoms with E-state index in [1.54, 1.807) is 18.2 Å². The SMILES string of the molecule is Fc1c(Cl)cccc1CC(CBr)Cc1ccc(Cl)cc1. The van der Waals surface area contributed by atoms with Crippen LogP contribution in [0.15, 0.2) is 42.5 Å².